The number of nitrogens with one attached hydrogen (secondary N) is 1. The van der Waals surface area contributed by atoms with Gasteiger partial charge in [0.15, 0.2) is 0 Å². The summed E-state index contributed by atoms with van der Waals surface area (Å²) in [5, 5.41) is 4.03. The molecule has 120 valence electrons. The Bertz CT molecular complexity index is 604. The topological polar surface area (TPSA) is 41.6 Å². The fourth-order valence-corrected chi connectivity index (χ4v) is 2.98. The molecule has 2 heterocycles. The maximum absolute atomic E-state index is 12.7. The molecule has 2 aliphatic rings. The molecule has 4 nitrogen and oxygen atoms in total. The second kappa shape index (κ2) is 6.90. The lowest BCUT2D eigenvalue weighted by atomic mass is 10.0. The summed E-state index contributed by atoms with van der Waals surface area (Å²) in [4.78, 5) is 14.6. The number of ether oxygens (including phenoxy) is 1. The van der Waals surface area contributed by atoms with Gasteiger partial charge < -0.3 is 15.0 Å². The van der Waals surface area contributed by atoms with Gasteiger partial charge in [-0.3, -0.25) is 4.79 Å². The van der Waals surface area contributed by atoms with E-state index in [1.54, 1.807) is 6.07 Å². The van der Waals surface area contributed by atoms with Gasteiger partial charge in [0.2, 0.25) is 0 Å². The van der Waals surface area contributed by atoms with Crippen LogP contribution >= 0.6 is 24.0 Å². The Labute approximate surface area is 141 Å². The van der Waals surface area contributed by atoms with Crippen molar-refractivity contribution in [2.75, 3.05) is 19.7 Å². The number of piperazine rings is 1. The molecule has 6 heteroatoms. The minimum Gasteiger partial charge on any atom is -0.488 e. The van der Waals surface area contributed by atoms with Crippen LogP contribution in [-0.2, 0) is 4.79 Å². The second-order valence-electron chi connectivity index (χ2n) is 5.62. The van der Waals surface area contributed by atoms with Crippen molar-refractivity contribution in [2.24, 2.45) is 0 Å². The summed E-state index contributed by atoms with van der Waals surface area (Å²) in [5.41, 5.74) is 1.55. The average Bonchev–Trinajstić information content (AvgIpc) is 2.48. The minimum absolute atomic E-state index is 0. The summed E-state index contributed by atoms with van der Waals surface area (Å²) in [6, 6.07) is 5.93. The molecule has 1 amide bonds. The van der Waals surface area contributed by atoms with Crippen LogP contribution in [0.15, 0.2) is 23.8 Å². The third kappa shape index (κ3) is 3.24. The Hall–Kier alpha value is -1.23. The SMILES string of the molecule is CC1NCCN(C(=O)C2=Cc3cc(Cl)ccc3OC2)C1C.Cl. The highest BCUT2D eigenvalue weighted by atomic mass is 35.5. The first-order chi connectivity index (χ1) is 10.1. The fourth-order valence-electron chi connectivity index (χ4n) is 2.80. The van der Waals surface area contributed by atoms with Crippen molar-refractivity contribution in [1.29, 1.82) is 0 Å². The van der Waals surface area contributed by atoms with Crippen molar-refractivity contribution in [2.45, 2.75) is 25.9 Å². The molecule has 2 atom stereocenters. The number of benzene rings is 1. The van der Waals surface area contributed by atoms with Crippen LogP contribution in [0.2, 0.25) is 5.02 Å². The molecule has 1 aromatic rings. The van der Waals surface area contributed by atoms with Gasteiger partial charge in [0.25, 0.3) is 5.91 Å². The lowest BCUT2D eigenvalue weighted by Crippen LogP contribution is -2.57. The molecular weight excluding hydrogens is 323 g/mol. The standard InChI is InChI=1S/C16H19ClN2O2.ClH/c1-10-11(2)19(6-5-18-10)16(20)13-7-12-8-14(17)3-4-15(12)21-9-13;/h3-4,7-8,10-11,18H,5-6,9H2,1-2H3;1H. The van der Waals surface area contributed by atoms with Crippen LogP contribution in [0.3, 0.4) is 0 Å². The van der Waals surface area contributed by atoms with E-state index in [-0.39, 0.29) is 24.4 Å². The maximum atomic E-state index is 12.7. The molecule has 1 fully saturated rings. The number of hydrogen-bond acceptors (Lipinski definition) is 3. The largest absolute Gasteiger partial charge is 0.488 e. The number of nitrogens with zero attached hydrogens (tertiary/aromatic N) is 1. The molecule has 0 spiro atoms. The first kappa shape index (κ1) is 17.1. The van der Waals surface area contributed by atoms with Crippen molar-refractivity contribution in [1.82, 2.24) is 10.2 Å². The number of rotatable bonds is 1. The monoisotopic (exact) mass is 342 g/mol. The Kier molecular flexibility index (Phi) is 5.37. The number of hydrogen-bond donors (Lipinski definition) is 1. The molecule has 0 aromatic heterocycles. The summed E-state index contributed by atoms with van der Waals surface area (Å²) >= 11 is 6.01. The van der Waals surface area contributed by atoms with Crippen LogP contribution < -0.4 is 10.1 Å². The highest BCUT2D eigenvalue weighted by Gasteiger charge is 2.30. The van der Waals surface area contributed by atoms with Gasteiger partial charge in [0.1, 0.15) is 12.4 Å². The Morgan fingerprint density at radius 3 is 2.95 bits per heavy atom. The van der Waals surface area contributed by atoms with Crippen molar-refractivity contribution in [3.05, 3.63) is 34.4 Å². The molecule has 1 N–H and O–H groups in total. The molecule has 0 bridgehead atoms. The minimum atomic E-state index is 0. The smallest absolute Gasteiger partial charge is 0.253 e. The first-order valence-electron chi connectivity index (χ1n) is 7.23. The lowest BCUT2D eigenvalue weighted by molar-refractivity contribution is -0.131. The van der Waals surface area contributed by atoms with Crippen LogP contribution in [-0.4, -0.2) is 42.6 Å². The summed E-state index contributed by atoms with van der Waals surface area (Å²) in [6.45, 7) is 6.05. The van der Waals surface area contributed by atoms with E-state index in [0.29, 0.717) is 23.2 Å². The lowest BCUT2D eigenvalue weighted by Gasteiger charge is -2.39. The van der Waals surface area contributed by atoms with Crippen LogP contribution in [0.4, 0.5) is 0 Å². The molecule has 0 aliphatic carbocycles. The van der Waals surface area contributed by atoms with E-state index < -0.39 is 0 Å². The third-order valence-corrected chi connectivity index (χ3v) is 4.49. The Morgan fingerprint density at radius 2 is 2.18 bits per heavy atom. The molecule has 0 saturated carbocycles. The molecule has 2 unspecified atom stereocenters. The van der Waals surface area contributed by atoms with Crippen molar-refractivity contribution in [3.8, 4) is 5.75 Å². The Balaban J connectivity index is 0.00000176. The van der Waals surface area contributed by atoms with Gasteiger partial charge in [-0.25, -0.2) is 0 Å². The summed E-state index contributed by atoms with van der Waals surface area (Å²) < 4.78 is 5.68. The molecule has 3 rings (SSSR count). The second-order valence-corrected chi connectivity index (χ2v) is 6.06. The van der Waals surface area contributed by atoms with E-state index in [1.165, 1.54) is 0 Å². The van der Waals surface area contributed by atoms with Crippen molar-refractivity contribution in [3.63, 3.8) is 0 Å². The molecular formula is C16H20Cl2N2O2. The van der Waals surface area contributed by atoms with Gasteiger partial charge in [-0.15, -0.1) is 12.4 Å². The van der Waals surface area contributed by atoms with E-state index in [2.05, 4.69) is 19.2 Å². The summed E-state index contributed by atoms with van der Waals surface area (Å²) in [5.74, 6) is 0.833. The number of carbonyl (C=O) groups excluding carboxylic acids is 1. The quantitative estimate of drug-likeness (QED) is 0.853. The zero-order valence-electron chi connectivity index (χ0n) is 12.6. The fraction of sp³-hybridized carbons (Fsp3) is 0.438. The van der Waals surface area contributed by atoms with Gasteiger partial charge in [-0.1, -0.05) is 11.6 Å². The number of carbonyl (C=O) groups is 1. The van der Waals surface area contributed by atoms with Crippen molar-refractivity contribution >= 4 is 36.0 Å². The van der Waals surface area contributed by atoms with Crippen LogP contribution in [0, 0.1) is 0 Å². The molecule has 2 aliphatic heterocycles. The van der Waals surface area contributed by atoms with Crippen molar-refractivity contribution < 1.29 is 9.53 Å². The predicted molar refractivity (Wildman–Crippen MR) is 90.8 cm³/mol. The average molecular weight is 343 g/mol. The van der Waals surface area contributed by atoms with E-state index >= 15 is 0 Å². The van der Waals surface area contributed by atoms with E-state index in [0.717, 1.165) is 24.4 Å². The zero-order chi connectivity index (χ0) is 15.0. The number of fused-ring (bicyclic) bond motifs is 1. The molecule has 1 aromatic carbocycles. The van der Waals surface area contributed by atoms with Gasteiger partial charge in [0.05, 0.1) is 5.57 Å². The van der Waals surface area contributed by atoms with E-state index in [9.17, 15) is 4.79 Å². The number of halogens is 2. The first-order valence-corrected chi connectivity index (χ1v) is 7.61. The highest BCUT2D eigenvalue weighted by Crippen LogP contribution is 2.30. The van der Waals surface area contributed by atoms with Crippen LogP contribution in [0.25, 0.3) is 6.08 Å². The summed E-state index contributed by atoms with van der Waals surface area (Å²) in [6.07, 6.45) is 1.90. The van der Waals surface area contributed by atoms with Gasteiger partial charge >= 0.3 is 0 Å². The Morgan fingerprint density at radius 1 is 1.41 bits per heavy atom. The van der Waals surface area contributed by atoms with Gasteiger partial charge in [-0.2, -0.15) is 0 Å². The zero-order valence-corrected chi connectivity index (χ0v) is 14.2. The third-order valence-electron chi connectivity index (χ3n) is 4.25. The van der Waals surface area contributed by atoms with Crippen LogP contribution in [0.1, 0.15) is 19.4 Å². The van der Waals surface area contributed by atoms with Gasteiger partial charge in [0, 0.05) is 35.8 Å². The highest BCUT2D eigenvalue weighted by molar-refractivity contribution is 6.30. The predicted octanol–water partition coefficient (Wildman–Crippen LogP) is 2.75. The van der Waals surface area contributed by atoms with E-state index in [4.69, 9.17) is 16.3 Å². The number of amides is 1. The van der Waals surface area contributed by atoms with Crippen LogP contribution in [0.5, 0.6) is 5.75 Å². The summed E-state index contributed by atoms with van der Waals surface area (Å²) in [7, 11) is 0. The van der Waals surface area contributed by atoms with E-state index in [1.807, 2.05) is 23.1 Å². The maximum Gasteiger partial charge on any atom is 0.253 e. The molecule has 22 heavy (non-hydrogen) atoms. The molecule has 1 saturated heterocycles. The molecule has 0 radical (unpaired) electrons. The van der Waals surface area contributed by atoms with Gasteiger partial charge in [-0.05, 0) is 38.1 Å². The normalized spacial score (nSPS) is 23.8.